The molecule has 1 spiro atoms. The van der Waals surface area contributed by atoms with Crippen molar-refractivity contribution in [3.63, 3.8) is 0 Å². The Bertz CT molecular complexity index is 447. The molecule has 3 aliphatic rings. The third kappa shape index (κ3) is 0.945. The van der Waals surface area contributed by atoms with Crippen LogP contribution in [0.5, 0.6) is 0 Å². The molecule has 1 saturated carbocycles. The van der Waals surface area contributed by atoms with Gasteiger partial charge in [-0.3, -0.25) is 4.79 Å². The summed E-state index contributed by atoms with van der Waals surface area (Å²) in [5.41, 5.74) is 2.01. The molecule has 0 aromatic carbocycles. The highest BCUT2D eigenvalue weighted by Gasteiger charge is 2.62. The van der Waals surface area contributed by atoms with Gasteiger partial charge in [-0.25, -0.2) is 0 Å². The average Bonchev–Trinajstić information content (AvgIpc) is 2.91. The zero-order chi connectivity index (χ0) is 11.7. The Morgan fingerprint density at radius 2 is 2.06 bits per heavy atom. The molecule has 2 atom stereocenters. The Kier molecular flexibility index (Phi) is 1.72. The molecule has 0 unspecified atom stereocenters. The second kappa shape index (κ2) is 2.67. The summed E-state index contributed by atoms with van der Waals surface area (Å²) < 4.78 is 0. The second-order valence-electron chi connectivity index (χ2n) is 5.85. The smallest absolute Gasteiger partial charge is 0.165 e. The van der Waals surface area contributed by atoms with Crippen molar-refractivity contribution in [2.75, 3.05) is 0 Å². The van der Waals surface area contributed by atoms with Crippen molar-refractivity contribution in [1.29, 1.82) is 0 Å². The van der Waals surface area contributed by atoms with Crippen LogP contribution in [-0.4, -0.2) is 16.5 Å². The monoisotopic (exact) mass is 218 g/mol. The SMILES string of the molecule is CC1=CC2=C(C(=O)[C@H](C)C2)[C@](C)(O)C12CC2. The minimum Gasteiger partial charge on any atom is -0.384 e. The topological polar surface area (TPSA) is 37.3 Å². The van der Waals surface area contributed by atoms with Crippen molar-refractivity contribution >= 4 is 5.78 Å². The minimum atomic E-state index is -0.928. The summed E-state index contributed by atoms with van der Waals surface area (Å²) in [6.07, 6.45) is 4.99. The van der Waals surface area contributed by atoms with Crippen LogP contribution in [0.4, 0.5) is 0 Å². The maximum atomic E-state index is 12.1. The molecule has 3 aliphatic carbocycles. The molecule has 16 heavy (non-hydrogen) atoms. The average molecular weight is 218 g/mol. The number of allylic oxidation sites excluding steroid dienone is 2. The molecule has 0 amide bonds. The minimum absolute atomic E-state index is 0.0504. The van der Waals surface area contributed by atoms with Crippen LogP contribution in [0, 0.1) is 11.3 Å². The van der Waals surface area contributed by atoms with Crippen LogP contribution >= 0.6 is 0 Å². The molecule has 0 aromatic rings. The number of carbonyl (C=O) groups is 1. The standard InChI is InChI=1S/C14H18O2/c1-8-6-10-7-9(2)14(4-5-14)13(3,16)11(10)12(8)15/h7-8,16H,4-6H2,1-3H3/t8-,13+/m1/s1. The van der Waals surface area contributed by atoms with E-state index < -0.39 is 5.60 Å². The molecule has 1 fully saturated rings. The number of ketones is 1. The lowest BCUT2D eigenvalue weighted by molar-refractivity contribution is -0.120. The first-order chi connectivity index (χ1) is 7.40. The van der Waals surface area contributed by atoms with Gasteiger partial charge in [0.2, 0.25) is 0 Å². The molecule has 1 N–H and O–H groups in total. The van der Waals surface area contributed by atoms with Crippen molar-refractivity contribution in [3.05, 3.63) is 22.8 Å². The number of rotatable bonds is 0. The van der Waals surface area contributed by atoms with Crippen molar-refractivity contribution < 1.29 is 9.90 Å². The van der Waals surface area contributed by atoms with E-state index in [1.165, 1.54) is 5.57 Å². The highest BCUT2D eigenvalue weighted by Crippen LogP contribution is 2.65. The van der Waals surface area contributed by atoms with Gasteiger partial charge in [0.25, 0.3) is 0 Å². The normalized spacial score (nSPS) is 40.1. The van der Waals surface area contributed by atoms with E-state index >= 15 is 0 Å². The molecule has 0 bridgehead atoms. The van der Waals surface area contributed by atoms with E-state index in [1.54, 1.807) is 0 Å². The van der Waals surface area contributed by atoms with E-state index in [-0.39, 0.29) is 17.1 Å². The van der Waals surface area contributed by atoms with Gasteiger partial charge in [-0.15, -0.1) is 0 Å². The van der Waals surface area contributed by atoms with Crippen LogP contribution in [-0.2, 0) is 4.79 Å². The van der Waals surface area contributed by atoms with Gasteiger partial charge in [0, 0.05) is 16.9 Å². The van der Waals surface area contributed by atoms with Gasteiger partial charge in [0.1, 0.15) is 0 Å². The molecular formula is C14H18O2. The third-order valence-corrected chi connectivity index (χ3v) is 4.86. The first kappa shape index (κ1) is 10.3. The fourth-order valence-electron chi connectivity index (χ4n) is 3.64. The number of hydrogen-bond acceptors (Lipinski definition) is 2. The van der Waals surface area contributed by atoms with Crippen LogP contribution in [0.3, 0.4) is 0 Å². The Balaban J connectivity index is 2.18. The molecule has 0 aromatic heterocycles. The zero-order valence-corrected chi connectivity index (χ0v) is 10.1. The van der Waals surface area contributed by atoms with E-state index in [9.17, 15) is 9.90 Å². The maximum Gasteiger partial charge on any atom is 0.165 e. The fourth-order valence-corrected chi connectivity index (χ4v) is 3.64. The molecule has 0 saturated heterocycles. The fraction of sp³-hybridized carbons (Fsp3) is 0.643. The van der Waals surface area contributed by atoms with Gasteiger partial charge in [-0.1, -0.05) is 18.6 Å². The quantitative estimate of drug-likeness (QED) is 0.678. The first-order valence-corrected chi connectivity index (χ1v) is 6.09. The second-order valence-corrected chi connectivity index (χ2v) is 5.85. The highest BCUT2D eigenvalue weighted by atomic mass is 16.3. The molecule has 3 rings (SSSR count). The predicted octanol–water partition coefficient (Wildman–Crippen LogP) is 2.38. The Labute approximate surface area is 96.0 Å². The van der Waals surface area contributed by atoms with Gasteiger partial charge in [-0.05, 0) is 38.7 Å². The number of hydrogen-bond donors (Lipinski definition) is 1. The lowest BCUT2D eigenvalue weighted by Gasteiger charge is -2.38. The third-order valence-electron chi connectivity index (χ3n) is 4.86. The summed E-state index contributed by atoms with van der Waals surface area (Å²) in [4.78, 5) is 12.1. The summed E-state index contributed by atoms with van der Waals surface area (Å²) >= 11 is 0. The summed E-state index contributed by atoms with van der Waals surface area (Å²) in [5.74, 6) is 0.212. The molecule has 86 valence electrons. The molecular weight excluding hydrogens is 200 g/mol. The van der Waals surface area contributed by atoms with E-state index in [2.05, 4.69) is 13.0 Å². The zero-order valence-electron chi connectivity index (χ0n) is 10.1. The van der Waals surface area contributed by atoms with Crippen molar-refractivity contribution in [1.82, 2.24) is 0 Å². The van der Waals surface area contributed by atoms with Crippen molar-refractivity contribution in [2.45, 2.75) is 45.6 Å². The molecule has 0 aliphatic heterocycles. The first-order valence-electron chi connectivity index (χ1n) is 6.09. The lowest BCUT2D eigenvalue weighted by Crippen LogP contribution is -2.43. The van der Waals surface area contributed by atoms with Gasteiger partial charge >= 0.3 is 0 Å². The van der Waals surface area contributed by atoms with Gasteiger partial charge in [-0.2, -0.15) is 0 Å². The predicted molar refractivity (Wildman–Crippen MR) is 61.9 cm³/mol. The summed E-state index contributed by atoms with van der Waals surface area (Å²) in [6, 6.07) is 0. The highest BCUT2D eigenvalue weighted by molar-refractivity contribution is 6.03. The van der Waals surface area contributed by atoms with E-state index in [1.807, 2.05) is 13.8 Å². The lowest BCUT2D eigenvalue weighted by atomic mass is 9.70. The van der Waals surface area contributed by atoms with E-state index in [0.29, 0.717) is 5.57 Å². The maximum absolute atomic E-state index is 12.1. The molecule has 0 radical (unpaired) electrons. The number of Topliss-reactive ketones (excluding diaryl/α,β-unsaturated/α-hetero) is 1. The van der Waals surface area contributed by atoms with Crippen molar-refractivity contribution in [2.24, 2.45) is 11.3 Å². The number of aliphatic hydroxyl groups is 1. The van der Waals surface area contributed by atoms with Crippen LogP contribution in [0.1, 0.15) is 40.0 Å². The molecule has 2 heteroatoms. The van der Waals surface area contributed by atoms with Gasteiger partial charge < -0.3 is 5.11 Å². The molecule has 2 nitrogen and oxygen atoms in total. The largest absolute Gasteiger partial charge is 0.384 e. The van der Waals surface area contributed by atoms with Crippen LogP contribution in [0.25, 0.3) is 0 Å². The summed E-state index contributed by atoms with van der Waals surface area (Å²) in [7, 11) is 0. The summed E-state index contributed by atoms with van der Waals surface area (Å²) in [6.45, 7) is 5.89. The van der Waals surface area contributed by atoms with Crippen LogP contribution in [0.2, 0.25) is 0 Å². The van der Waals surface area contributed by atoms with Crippen molar-refractivity contribution in [3.8, 4) is 0 Å². The number of carbonyl (C=O) groups excluding carboxylic acids is 1. The van der Waals surface area contributed by atoms with Crippen LogP contribution < -0.4 is 0 Å². The Morgan fingerprint density at radius 1 is 1.44 bits per heavy atom. The van der Waals surface area contributed by atoms with E-state index in [0.717, 1.165) is 24.8 Å². The summed E-state index contributed by atoms with van der Waals surface area (Å²) in [5, 5.41) is 10.8. The van der Waals surface area contributed by atoms with E-state index in [4.69, 9.17) is 0 Å². The molecule has 0 heterocycles. The Morgan fingerprint density at radius 3 is 2.62 bits per heavy atom. The van der Waals surface area contributed by atoms with Crippen LogP contribution in [0.15, 0.2) is 22.8 Å². The van der Waals surface area contributed by atoms with Gasteiger partial charge in [0.05, 0.1) is 5.60 Å². The Hall–Kier alpha value is -0.890. The van der Waals surface area contributed by atoms with Gasteiger partial charge in [0.15, 0.2) is 5.78 Å².